The summed E-state index contributed by atoms with van der Waals surface area (Å²) in [6.07, 6.45) is 6.39. The fraction of sp³-hybridized carbons (Fsp3) is 0.0909. The molecule has 0 unspecified atom stereocenters. The molecule has 3 aromatic rings. The number of para-hydroxylation sites is 1. The Labute approximate surface area is 146 Å². The van der Waals surface area contributed by atoms with Crippen molar-refractivity contribution in [3.8, 4) is 6.07 Å². The molecule has 1 heterocycles. The molecule has 0 radical (unpaired) electrons. The zero-order valence-electron chi connectivity index (χ0n) is 13.7. The van der Waals surface area contributed by atoms with Crippen molar-refractivity contribution in [1.82, 2.24) is 0 Å². The van der Waals surface area contributed by atoms with E-state index in [2.05, 4.69) is 6.58 Å². The third-order valence-corrected chi connectivity index (χ3v) is 4.11. The lowest BCUT2D eigenvalue weighted by Gasteiger charge is -2.11. The van der Waals surface area contributed by atoms with Crippen molar-refractivity contribution in [2.75, 3.05) is 0 Å². The summed E-state index contributed by atoms with van der Waals surface area (Å²) in [5, 5.41) is 10.2. The number of fused-ring (bicyclic) bond motifs is 1. The van der Waals surface area contributed by atoms with Gasteiger partial charge in [0.15, 0.2) is 0 Å². The van der Waals surface area contributed by atoms with Gasteiger partial charge >= 0.3 is 5.63 Å². The predicted octanol–water partition coefficient (Wildman–Crippen LogP) is 4.72. The van der Waals surface area contributed by atoms with Crippen LogP contribution < -0.4 is 5.63 Å². The summed E-state index contributed by atoms with van der Waals surface area (Å²) in [5.41, 5.74) is 1.77. The molecule has 0 aliphatic rings. The monoisotopic (exact) mass is 327 g/mol. The molecule has 1 atom stereocenters. The lowest BCUT2D eigenvalue weighted by molar-refractivity contribution is 0.555. The van der Waals surface area contributed by atoms with Crippen molar-refractivity contribution in [3.63, 3.8) is 0 Å². The third kappa shape index (κ3) is 3.59. The molecule has 0 saturated carbocycles. The predicted molar refractivity (Wildman–Crippen MR) is 100 cm³/mol. The van der Waals surface area contributed by atoms with Gasteiger partial charge in [0.05, 0.1) is 0 Å². The van der Waals surface area contributed by atoms with Crippen LogP contribution in [-0.2, 0) is 6.42 Å². The maximum absolute atomic E-state index is 12.1. The van der Waals surface area contributed by atoms with Gasteiger partial charge in [-0.3, -0.25) is 0 Å². The van der Waals surface area contributed by atoms with Crippen molar-refractivity contribution in [2.45, 2.75) is 6.42 Å². The number of nitrogens with zero attached hydrogens (tertiary/aromatic N) is 1. The fourth-order valence-electron chi connectivity index (χ4n) is 2.80. The van der Waals surface area contributed by atoms with Gasteiger partial charge in [0.1, 0.15) is 17.2 Å². The SMILES string of the molecule is C=C[C@@H](/C=C/c1ccccc1)Cc1c(C#N)c(=O)oc2ccccc12. The van der Waals surface area contributed by atoms with Gasteiger partial charge in [0, 0.05) is 5.39 Å². The van der Waals surface area contributed by atoms with Crippen LogP contribution in [0.25, 0.3) is 17.0 Å². The fourth-order valence-corrected chi connectivity index (χ4v) is 2.80. The van der Waals surface area contributed by atoms with E-state index < -0.39 is 5.63 Å². The van der Waals surface area contributed by atoms with Crippen LogP contribution >= 0.6 is 0 Å². The molecule has 0 aliphatic carbocycles. The number of nitriles is 1. The van der Waals surface area contributed by atoms with E-state index in [1.165, 1.54) is 0 Å². The van der Waals surface area contributed by atoms with E-state index in [4.69, 9.17) is 4.42 Å². The average molecular weight is 327 g/mol. The van der Waals surface area contributed by atoms with Crippen LogP contribution in [0, 0.1) is 17.2 Å². The first kappa shape index (κ1) is 16.5. The second-order valence-corrected chi connectivity index (χ2v) is 5.72. The minimum Gasteiger partial charge on any atom is -0.422 e. The van der Waals surface area contributed by atoms with Crippen molar-refractivity contribution in [3.05, 3.63) is 100 Å². The molecule has 122 valence electrons. The summed E-state index contributed by atoms with van der Waals surface area (Å²) in [5.74, 6) is -0.00230. The van der Waals surface area contributed by atoms with Crippen molar-refractivity contribution < 1.29 is 4.42 Å². The highest BCUT2D eigenvalue weighted by Gasteiger charge is 2.16. The quantitative estimate of drug-likeness (QED) is 0.503. The Bertz CT molecular complexity index is 1020. The molecule has 2 aromatic carbocycles. The largest absolute Gasteiger partial charge is 0.422 e. The Balaban J connectivity index is 2.01. The minimum absolute atomic E-state index is 0.00230. The highest BCUT2D eigenvalue weighted by atomic mass is 16.4. The molecule has 0 fully saturated rings. The lowest BCUT2D eigenvalue weighted by Crippen LogP contribution is -2.11. The normalized spacial score (nSPS) is 12.1. The maximum Gasteiger partial charge on any atom is 0.354 e. The summed E-state index contributed by atoms with van der Waals surface area (Å²) in [6, 6.07) is 19.2. The molecule has 0 aliphatic heterocycles. The third-order valence-electron chi connectivity index (χ3n) is 4.11. The lowest BCUT2D eigenvalue weighted by atomic mass is 9.93. The van der Waals surface area contributed by atoms with Crippen LogP contribution in [-0.4, -0.2) is 0 Å². The van der Waals surface area contributed by atoms with Crippen LogP contribution in [0.4, 0.5) is 0 Å². The van der Waals surface area contributed by atoms with Gasteiger partial charge in [-0.25, -0.2) is 4.79 Å². The average Bonchev–Trinajstić information content (AvgIpc) is 2.65. The van der Waals surface area contributed by atoms with E-state index >= 15 is 0 Å². The smallest absolute Gasteiger partial charge is 0.354 e. The summed E-state index contributed by atoms with van der Waals surface area (Å²) >= 11 is 0. The molecule has 3 heteroatoms. The second kappa shape index (κ2) is 7.46. The molecule has 0 N–H and O–H groups in total. The molecule has 0 amide bonds. The van der Waals surface area contributed by atoms with Crippen LogP contribution in [0.2, 0.25) is 0 Å². The van der Waals surface area contributed by atoms with Crippen LogP contribution in [0.5, 0.6) is 0 Å². The highest BCUT2D eigenvalue weighted by Crippen LogP contribution is 2.24. The Morgan fingerprint density at radius 2 is 1.84 bits per heavy atom. The van der Waals surface area contributed by atoms with E-state index in [-0.39, 0.29) is 11.5 Å². The van der Waals surface area contributed by atoms with E-state index in [9.17, 15) is 10.1 Å². The molecule has 25 heavy (non-hydrogen) atoms. The molecular weight excluding hydrogens is 310 g/mol. The minimum atomic E-state index is -0.592. The topological polar surface area (TPSA) is 54.0 Å². The molecule has 3 nitrogen and oxygen atoms in total. The number of hydrogen-bond acceptors (Lipinski definition) is 3. The van der Waals surface area contributed by atoms with Gasteiger partial charge in [0.2, 0.25) is 0 Å². The first-order valence-electron chi connectivity index (χ1n) is 8.03. The van der Waals surface area contributed by atoms with Gasteiger partial charge in [-0.2, -0.15) is 5.26 Å². The Morgan fingerprint density at radius 1 is 1.12 bits per heavy atom. The molecule has 0 saturated heterocycles. The number of benzene rings is 2. The molecule has 0 bridgehead atoms. The van der Waals surface area contributed by atoms with Crippen LogP contribution in [0.3, 0.4) is 0 Å². The molecule has 0 spiro atoms. The first-order chi connectivity index (χ1) is 12.2. The number of hydrogen-bond donors (Lipinski definition) is 0. The number of allylic oxidation sites excluding steroid dienone is 2. The first-order valence-corrected chi connectivity index (χ1v) is 8.03. The van der Waals surface area contributed by atoms with Gasteiger partial charge in [0.25, 0.3) is 0 Å². The molecule has 3 rings (SSSR count). The summed E-state index contributed by atoms with van der Waals surface area (Å²) < 4.78 is 5.25. The van der Waals surface area contributed by atoms with E-state index in [0.29, 0.717) is 17.6 Å². The maximum atomic E-state index is 12.1. The molecule has 1 aromatic heterocycles. The van der Waals surface area contributed by atoms with Crippen LogP contribution in [0.15, 0.2) is 82.5 Å². The van der Waals surface area contributed by atoms with Gasteiger partial charge in [-0.1, -0.05) is 66.8 Å². The Hall–Kier alpha value is -3.38. The second-order valence-electron chi connectivity index (χ2n) is 5.72. The van der Waals surface area contributed by atoms with E-state index in [1.54, 1.807) is 12.1 Å². The van der Waals surface area contributed by atoms with Crippen molar-refractivity contribution in [1.29, 1.82) is 5.26 Å². The van der Waals surface area contributed by atoms with Crippen molar-refractivity contribution in [2.24, 2.45) is 5.92 Å². The summed E-state index contributed by atoms with van der Waals surface area (Å²) in [4.78, 5) is 12.1. The zero-order valence-corrected chi connectivity index (χ0v) is 13.7. The van der Waals surface area contributed by atoms with E-state index in [0.717, 1.165) is 10.9 Å². The van der Waals surface area contributed by atoms with Gasteiger partial charge in [-0.05, 0) is 29.5 Å². The highest BCUT2D eigenvalue weighted by molar-refractivity contribution is 5.82. The van der Waals surface area contributed by atoms with Gasteiger partial charge < -0.3 is 4.42 Å². The zero-order chi connectivity index (χ0) is 17.6. The van der Waals surface area contributed by atoms with E-state index in [1.807, 2.05) is 66.8 Å². The van der Waals surface area contributed by atoms with Crippen molar-refractivity contribution >= 4 is 17.0 Å². The van der Waals surface area contributed by atoms with Gasteiger partial charge in [-0.15, -0.1) is 6.58 Å². The Kier molecular flexibility index (Phi) is 4.92. The Morgan fingerprint density at radius 3 is 2.56 bits per heavy atom. The standard InChI is InChI=1S/C22H17NO2/c1-2-16(12-13-17-8-4-3-5-9-17)14-19-18-10-6-7-11-21(18)25-22(24)20(19)15-23/h2-13,16H,1,14H2/b13-12+/t16-/m0/s1. The summed E-state index contributed by atoms with van der Waals surface area (Å²) in [7, 11) is 0. The van der Waals surface area contributed by atoms with Crippen LogP contribution in [0.1, 0.15) is 16.7 Å². The number of rotatable bonds is 5. The molecular formula is C22H17NO2. The summed E-state index contributed by atoms with van der Waals surface area (Å²) in [6.45, 7) is 3.89.